The van der Waals surface area contributed by atoms with Crippen molar-refractivity contribution in [3.05, 3.63) is 30.6 Å². The van der Waals surface area contributed by atoms with Crippen molar-refractivity contribution in [1.82, 2.24) is 19.9 Å². The summed E-state index contributed by atoms with van der Waals surface area (Å²) in [7, 11) is 0. The molecule has 6 heteroatoms. The second kappa shape index (κ2) is 4.41. The van der Waals surface area contributed by atoms with Gasteiger partial charge in [-0.05, 0) is 0 Å². The van der Waals surface area contributed by atoms with E-state index < -0.39 is 0 Å². The van der Waals surface area contributed by atoms with Crippen LogP contribution in [0.2, 0.25) is 0 Å². The minimum absolute atomic E-state index is 0.418. The SMILES string of the molecule is Nc1cncc(NCCc2cnc[nH]2)n1. The van der Waals surface area contributed by atoms with Crippen molar-refractivity contribution >= 4 is 11.6 Å². The molecular weight excluding hydrogens is 192 g/mol. The summed E-state index contributed by atoms with van der Waals surface area (Å²) < 4.78 is 0. The summed E-state index contributed by atoms with van der Waals surface area (Å²) in [5.74, 6) is 1.11. The summed E-state index contributed by atoms with van der Waals surface area (Å²) >= 11 is 0. The van der Waals surface area contributed by atoms with Crippen molar-refractivity contribution in [2.45, 2.75) is 6.42 Å². The number of aromatic amines is 1. The molecule has 0 bridgehead atoms. The Morgan fingerprint density at radius 1 is 1.27 bits per heavy atom. The van der Waals surface area contributed by atoms with Gasteiger partial charge in [-0.25, -0.2) is 9.97 Å². The Morgan fingerprint density at radius 3 is 2.93 bits per heavy atom. The maximum absolute atomic E-state index is 5.50. The molecule has 0 saturated heterocycles. The first-order chi connectivity index (χ1) is 7.34. The van der Waals surface area contributed by atoms with Gasteiger partial charge in [0.05, 0.1) is 18.7 Å². The lowest BCUT2D eigenvalue weighted by molar-refractivity contribution is 0.965. The van der Waals surface area contributed by atoms with Crippen molar-refractivity contribution in [1.29, 1.82) is 0 Å². The third-order valence-corrected chi connectivity index (χ3v) is 1.91. The van der Waals surface area contributed by atoms with Gasteiger partial charge in [0, 0.05) is 24.9 Å². The molecule has 0 amide bonds. The second-order valence-corrected chi connectivity index (χ2v) is 3.08. The van der Waals surface area contributed by atoms with E-state index in [0.29, 0.717) is 11.6 Å². The number of aromatic nitrogens is 4. The van der Waals surface area contributed by atoms with Crippen LogP contribution in [-0.4, -0.2) is 26.5 Å². The number of nitrogens with two attached hydrogens (primary N) is 1. The van der Waals surface area contributed by atoms with E-state index in [1.807, 2.05) is 0 Å². The Kier molecular flexibility index (Phi) is 2.77. The van der Waals surface area contributed by atoms with Crippen LogP contribution < -0.4 is 11.1 Å². The molecule has 0 aliphatic rings. The average molecular weight is 204 g/mol. The van der Waals surface area contributed by atoms with E-state index in [-0.39, 0.29) is 0 Å². The number of anilines is 2. The van der Waals surface area contributed by atoms with Crippen LogP contribution in [-0.2, 0) is 6.42 Å². The molecule has 4 N–H and O–H groups in total. The number of hydrogen-bond acceptors (Lipinski definition) is 5. The molecular formula is C9H12N6. The van der Waals surface area contributed by atoms with E-state index in [1.54, 1.807) is 18.7 Å². The number of nitrogens with zero attached hydrogens (tertiary/aromatic N) is 3. The summed E-state index contributed by atoms with van der Waals surface area (Å²) in [6.07, 6.45) is 7.47. The first-order valence-corrected chi connectivity index (χ1v) is 4.63. The van der Waals surface area contributed by atoms with Gasteiger partial charge in [-0.2, -0.15) is 0 Å². The number of rotatable bonds is 4. The molecule has 0 fully saturated rings. The summed E-state index contributed by atoms with van der Waals surface area (Å²) in [5.41, 5.74) is 6.58. The van der Waals surface area contributed by atoms with Crippen molar-refractivity contribution in [3.63, 3.8) is 0 Å². The van der Waals surface area contributed by atoms with Crippen molar-refractivity contribution in [3.8, 4) is 0 Å². The Bertz CT molecular complexity index is 410. The van der Waals surface area contributed by atoms with Gasteiger partial charge in [0.2, 0.25) is 0 Å². The number of imidazole rings is 1. The van der Waals surface area contributed by atoms with Crippen LogP contribution in [0, 0.1) is 0 Å². The highest BCUT2D eigenvalue weighted by molar-refractivity contribution is 5.38. The number of hydrogen-bond donors (Lipinski definition) is 3. The molecule has 0 aliphatic carbocycles. The van der Waals surface area contributed by atoms with Gasteiger partial charge >= 0.3 is 0 Å². The highest BCUT2D eigenvalue weighted by atomic mass is 15.0. The largest absolute Gasteiger partial charge is 0.382 e. The van der Waals surface area contributed by atoms with Gasteiger partial charge in [0.25, 0.3) is 0 Å². The van der Waals surface area contributed by atoms with Gasteiger partial charge in [0.1, 0.15) is 11.6 Å². The third-order valence-electron chi connectivity index (χ3n) is 1.91. The molecule has 6 nitrogen and oxygen atoms in total. The van der Waals surface area contributed by atoms with Gasteiger partial charge in [-0.15, -0.1) is 0 Å². The molecule has 2 aromatic heterocycles. The van der Waals surface area contributed by atoms with Gasteiger partial charge in [0.15, 0.2) is 0 Å². The fraction of sp³-hybridized carbons (Fsp3) is 0.222. The van der Waals surface area contributed by atoms with E-state index in [9.17, 15) is 0 Å². The van der Waals surface area contributed by atoms with Crippen LogP contribution in [0.25, 0.3) is 0 Å². The lowest BCUT2D eigenvalue weighted by Crippen LogP contribution is -2.07. The maximum atomic E-state index is 5.50. The van der Waals surface area contributed by atoms with E-state index in [1.165, 1.54) is 6.20 Å². The van der Waals surface area contributed by atoms with Crippen LogP contribution in [0.5, 0.6) is 0 Å². The van der Waals surface area contributed by atoms with Crippen LogP contribution >= 0.6 is 0 Å². The van der Waals surface area contributed by atoms with Gasteiger partial charge in [-0.3, -0.25) is 4.98 Å². The van der Waals surface area contributed by atoms with Crippen LogP contribution in [0.15, 0.2) is 24.9 Å². The Hall–Kier alpha value is -2.11. The minimum Gasteiger partial charge on any atom is -0.382 e. The van der Waals surface area contributed by atoms with Crippen LogP contribution in [0.1, 0.15) is 5.69 Å². The monoisotopic (exact) mass is 204 g/mol. The Labute approximate surface area is 87.0 Å². The third kappa shape index (κ3) is 2.67. The second-order valence-electron chi connectivity index (χ2n) is 3.08. The molecule has 0 unspecified atom stereocenters. The molecule has 0 saturated carbocycles. The van der Waals surface area contributed by atoms with E-state index in [0.717, 1.165) is 18.7 Å². The zero-order chi connectivity index (χ0) is 10.5. The van der Waals surface area contributed by atoms with Gasteiger partial charge < -0.3 is 16.0 Å². The van der Waals surface area contributed by atoms with E-state index >= 15 is 0 Å². The molecule has 0 aromatic carbocycles. The lowest BCUT2D eigenvalue weighted by atomic mass is 10.3. The van der Waals surface area contributed by atoms with Crippen molar-refractivity contribution < 1.29 is 0 Å². The molecule has 0 radical (unpaired) electrons. The minimum atomic E-state index is 0.418. The highest BCUT2D eigenvalue weighted by Crippen LogP contribution is 2.02. The normalized spacial score (nSPS) is 10.1. The van der Waals surface area contributed by atoms with E-state index in [4.69, 9.17) is 5.73 Å². The first-order valence-electron chi connectivity index (χ1n) is 4.63. The summed E-state index contributed by atoms with van der Waals surface area (Å²) in [6.45, 7) is 0.764. The predicted octanol–water partition coefficient (Wildman–Crippen LogP) is 0.436. The van der Waals surface area contributed by atoms with Crippen LogP contribution in [0.4, 0.5) is 11.6 Å². The quantitative estimate of drug-likeness (QED) is 0.671. The topological polar surface area (TPSA) is 92.5 Å². The number of H-pyrrole nitrogens is 1. The predicted molar refractivity (Wildman–Crippen MR) is 57.2 cm³/mol. The Morgan fingerprint density at radius 2 is 2.20 bits per heavy atom. The summed E-state index contributed by atoms with van der Waals surface area (Å²) in [4.78, 5) is 15.0. The molecule has 0 spiro atoms. The maximum Gasteiger partial charge on any atom is 0.146 e. The molecule has 0 atom stereocenters. The zero-order valence-electron chi connectivity index (χ0n) is 8.14. The lowest BCUT2D eigenvalue weighted by Gasteiger charge is -2.03. The van der Waals surface area contributed by atoms with E-state index in [2.05, 4.69) is 25.3 Å². The highest BCUT2D eigenvalue weighted by Gasteiger charge is 1.96. The van der Waals surface area contributed by atoms with Gasteiger partial charge in [-0.1, -0.05) is 0 Å². The fourth-order valence-electron chi connectivity index (χ4n) is 1.21. The number of nitrogen functional groups attached to an aromatic ring is 1. The zero-order valence-corrected chi connectivity index (χ0v) is 8.14. The molecule has 15 heavy (non-hydrogen) atoms. The van der Waals surface area contributed by atoms with Crippen molar-refractivity contribution in [2.75, 3.05) is 17.6 Å². The van der Waals surface area contributed by atoms with Crippen LogP contribution in [0.3, 0.4) is 0 Å². The number of nitrogens with one attached hydrogen (secondary N) is 2. The Balaban J connectivity index is 1.83. The standard InChI is InChI=1S/C9H12N6/c10-8-4-11-5-9(15-8)13-2-1-7-3-12-6-14-7/h3-6H,1-2H2,(H,12,14)(H3,10,13,15). The summed E-state index contributed by atoms with van der Waals surface area (Å²) in [5, 5.41) is 3.12. The smallest absolute Gasteiger partial charge is 0.146 e. The van der Waals surface area contributed by atoms with Crippen molar-refractivity contribution in [2.24, 2.45) is 0 Å². The molecule has 78 valence electrons. The first kappa shape index (κ1) is 9.45. The molecule has 2 heterocycles. The molecule has 2 aromatic rings. The molecule has 2 rings (SSSR count). The average Bonchev–Trinajstić information content (AvgIpc) is 2.71. The summed E-state index contributed by atoms with van der Waals surface area (Å²) in [6, 6.07) is 0. The fourth-order valence-corrected chi connectivity index (χ4v) is 1.21. The molecule has 0 aliphatic heterocycles.